The fraction of sp³-hybridized carbons (Fsp3) is 0.200. The third-order valence-corrected chi connectivity index (χ3v) is 4.47. The van der Waals surface area contributed by atoms with Gasteiger partial charge in [0.1, 0.15) is 0 Å². The van der Waals surface area contributed by atoms with Crippen molar-refractivity contribution in [1.82, 2.24) is 0 Å². The molecule has 0 saturated heterocycles. The number of hydrogen-bond donors (Lipinski definition) is 1. The standard InChI is InChI=1S/C15H14FN3OSe/c1-9(10-6-7-11(16)14(8-10)20-2)17-12-4-3-5-13-15(12)19-21-18-13/h3-9,17H,1-2H3. The van der Waals surface area contributed by atoms with Crippen LogP contribution in [0.4, 0.5) is 21.5 Å². The molecule has 0 bridgehead atoms. The first-order chi connectivity index (χ1) is 10.2. The number of halogens is 1. The average molecular weight is 350 g/mol. The number of rotatable bonds is 4. The van der Waals surface area contributed by atoms with Crippen LogP contribution in [-0.2, 0) is 0 Å². The van der Waals surface area contributed by atoms with Crippen molar-refractivity contribution < 1.29 is 9.13 Å². The number of nitrogens with zero attached hydrogens (tertiary/aromatic N) is 2. The minimum absolute atomic E-state index is 0.00861. The molecular weight excluding hydrogens is 336 g/mol. The molecule has 0 spiro atoms. The van der Waals surface area contributed by atoms with Crippen molar-refractivity contribution in [1.29, 1.82) is 0 Å². The average Bonchev–Trinajstić information content (AvgIpc) is 2.97. The number of fused-ring (bicyclic) bond motifs is 1. The topological polar surface area (TPSA) is 46.0 Å². The number of hydrogen-bond acceptors (Lipinski definition) is 4. The molecule has 3 rings (SSSR count). The van der Waals surface area contributed by atoms with Crippen LogP contribution in [-0.4, -0.2) is 21.7 Å². The van der Waals surface area contributed by atoms with Crippen molar-refractivity contribution in [2.45, 2.75) is 13.0 Å². The third-order valence-electron chi connectivity index (χ3n) is 3.33. The van der Waals surface area contributed by atoms with Crippen LogP contribution in [0.1, 0.15) is 18.5 Å². The summed E-state index contributed by atoms with van der Waals surface area (Å²) in [6, 6.07) is 10.8. The zero-order valence-electron chi connectivity index (χ0n) is 11.6. The molecule has 1 N–H and O–H groups in total. The van der Waals surface area contributed by atoms with Crippen molar-refractivity contribution in [3.8, 4) is 5.75 Å². The van der Waals surface area contributed by atoms with Crippen LogP contribution >= 0.6 is 0 Å². The van der Waals surface area contributed by atoms with Crippen LogP contribution < -0.4 is 10.1 Å². The Hall–Kier alpha value is -1.91. The Morgan fingerprint density at radius 1 is 1.24 bits per heavy atom. The Morgan fingerprint density at radius 3 is 2.90 bits per heavy atom. The molecule has 108 valence electrons. The molecule has 21 heavy (non-hydrogen) atoms. The van der Waals surface area contributed by atoms with Crippen molar-refractivity contribution in [3.05, 3.63) is 47.8 Å². The van der Waals surface area contributed by atoms with Gasteiger partial charge in [0.25, 0.3) is 0 Å². The Morgan fingerprint density at radius 2 is 2.10 bits per heavy atom. The van der Waals surface area contributed by atoms with E-state index in [1.807, 2.05) is 25.1 Å². The third kappa shape index (κ3) is 2.77. The predicted molar refractivity (Wildman–Crippen MR) is 81.4 cm³/mol. The first-order valence-electron chi connectivity index (χ1n) is 6.50. The van der Waals surface area contributed by atoms with Gasteiger partial charge < -0.3 is 0 Å². The van der Waals surface area contributed by atoms with Gasteiger partial charge in [-0.2, -0.15) is 0 Å². The Kier molecular flexibility index (Phi) is 3.90. The molecule has 2 aromatic rings. The molecule has 1 heterocycles. The van der Waals surface area contributed by atoms with Gasteiger partial charge in [0.15, 0.2) is 0 Å². The second kappa shape index (κ2) is 5.84. The van der Waals surface area contributed by atoms with E-state index >= 15 is 0 Å². The van der Waals surface area contributed by atoms with E-state index in [-0.39, 0.29) is 32.2 Å². The summed E-state index contributed by atoms with van der Waals surface area (Å²) < 4.78 is 27.3. The van der Waals surface area contributed by atoms with Crippen molar-refractivity contribution in [2.24, 2.45) is 7.92 Å². The van der Waals surface area contributed by atoms with Crippen molar-refractivity contribution in [2.75, 3.05) is 12.4 Å². The minimum atomic E-state index is -0.356. The van der Waals surface area contributed by atoms with Gasteiger partial charge in [0.2, 0.25) is 0 Å². The van der Waals surface area contributed by atoms with Gasteiger partial charge in [-0.1, -0.05) is 0 Å². The summed E-state index contributed by atoms with van der Waals surface area (Å²) in [7, 11) is 1.47. The van der Waals surface area contributed by atoms with E-state index < -0.39 is 0 Å². The van der Waals surface area contributed by atoms with Crippen LogP contribution in [0, 0.1) is 5.82 Å². The molecule has 0 aliphatic carbocycles. The van der Waals surface area contributed by atoms with Gasteiger partial charge >= 0.3 is 128 Å². The Balaban J connectivity index is 1.86. The number of ether oxygens (including phenoxy) is 1. The quantitative estimate of drug-likeness (QED) is 0.711. The molecule has 0 radical (unpaired) electrons. The van der Waals surface area contributed by atoms with E-state index in [1.165, 1.54) is 13.2 Å². The van der Waals surface area contributed by atoms with E-state index in [4.69, 9.17) is 4.74 Å². The maximum atomic E-state index is 13.5. The zero-order valence-corrected chi connectivity index (χ0v) is 13.3. The molecule has 1 unspecified atom stereocenters. The van der Waals surface area contributed by atoms with Crippen LogP contribution in [0.2, 0.25) is 0 Å². The van der Waals surface area contributed by atoms with Crippen LogP contribution in [0.15, 0.2) is 44.3 Å². The van der Waals surface area contributed by atoms with E-state index in [2.05, 4.69) is 13.2 Å². The number of methoxy groups -OCH3 is 1. The number of benzene rings is 2. The van der Waals surface area contributed by atoms with Crippen molar-refractivity contribution >= 4 is 31.6 Å². The monoisotopic (exact) mass is 351 g/mol. The number of nitrogens with one attached hydrogen (secondary N) is 1. The zero-order chi connectivity index (χ0) is 14.8. The van der Waals surface area contributed by atoms with Crippen LogP contribution in [0.25, 0.3) is 0 Å². The van der Waals surface area contributed by atoms with E-state index in [1.54, 1.807) is 12.1 Å². The summed E-state index contributed by atoms with van der Waals surface area (Å²) in [5, 5.41) is 3.41. The molecule has 1 aliphatic heterocycles. The van der Waals surface area contributed by atoms with Gasteiger partial charge in [0.05, 0.1) is 0 Å². The second-order valence-corrected chi connectivity index (χ2v) is 5.81. The molecule has 0 fully saturated rings. The summed E-state index contributed by atoms with van der Waals surface area (Å²) >= 11 is -0.0531. The first kappa shape index (κ1) is 14.0. The first-order valence-corrected chi connectivity index (χ1v) is 8.03. The molecule has 0 aromatic heterocycles. The SMILES string of the molecule is COc1cc(C(C)Nc2cccc3c2N=[Se]=N3)ccc1F. The number of anilines is 1. The molecule has 0 amide bonds. The summed E-state index contributed by atoms with van der Waals surface area (Å²) in [5.41, 5.74) is 3.75. The molecule has 4 nitrogen and oxygen atoms in total. The van der Waals surface area contributed by atoms with Crippen LogP contribution in [0.5, 0.6) is 5.75 Å². The van der Waals surface area contributed by atoms with E-state index in [9.17, 15) is 4.39 Å². The van der Waals surface area contributed by atoms with Gasteiger partial charge in [0, 0.05) is 0 Å². The Labute approximate surface area is 128 Å². The predicted octanol–water partition coefficient (Wildman–Crippen LogP) is 4.36. The molecule has 6 heteroatoms. The molecule has 0 saturated carbocycles. The van der Waals surface area contributed by atoms with E-state index in [0.29, 0.717) is 0 Å². The maximum absolute atomic E-state index is 13.5. The van der Waals surface area contributed by atoms with Crippen LogP contribution in [0.3, 0.4) is 0 Å². The second-order valence-electron chi connectivity index (χ2n) is 4.70. The molecule has 1 aliphatic rings. The van der Waals surface area contributed by atoms with Gasteiger partial charge in [-0.25, -0.2) is 0 Å². The summed E-state index contributed by atoms with van der Waals surface area (Å²) in [6.07, 6.45) is 0. The summed E-state index contributed by atoms with van der Waals surface area (Å²) in [5.74, 6) is -0.104. The van der Waals surface area contributed by atoms with Gasteiger partial charge in [-0.05, 0) is 0 Å². The fourth-order valence-corrected chi connectivity index (χ4v) is 3.34. The molecular formula is C15H14FN3OSe. The van der Waals surface area contributed by atoms with Gasteiger partial charge in [-0.3, -0.25) is 0 Å². The van der Waals surface area contributed by atoms with Crippen molar-refractivity contribution in [3.63, 3.8) is 0 Å². The fourth-order valence-electron chi connectivity index (χ4n) is 2.18. The molecule has 1 atom stereocenters. The van der Waals surface area contributed by atoms with Gasteiger partial charge in [-0.15, -0.1) is 0 Å². The van der Waals surface area contributed by atoms with E-state index in [0.717, 1.165) is 22.6 Å². The summed E-state index contributed by atoms with van der Waals surface area (Å²) in [6.45, 7) is 2.02. The normalized spacial score (nSPS) is 13.5. The molecule has 2 aromatic carbocycles. The summed E-state index contributed by atoms with van der Waals surface area (Å²) in [4.78, 5) is 0. The Bertz CT molecular complexity index is 757.